The minimum absolute atomic E-state index is 0.0169. The monoisotopic (exact) mass is 458 g/mol. The Labute approximate surface area is 200 Å². The van der Waals surface area contributed by atoms with E-state index in [1.807, 2.05) is 80.6 Å². The van der Waals surface area contributed by atoms with E-state index < -0.39 is 12.0 Å². The number of rotatable bonds is 7. The molecular formula is C28H30N2O4. The molecule has 0 unspecified atom stereocenters. The van der Waals surface area contributed by atoms with Crippen molar-refractivity contribution in [1.82, 2.24) is 5.32 Å². The van der Waals surface area contributed by atoms with Gasteiger partial charge in [-0.2, -0.15) is 0 Å². The standard InChI is InChI=1S/C28H30N2O4/c1-5-18(2)29-27(31)25-23-8-6-7-9-24(23)28(32)30(20-12-16-22(34-4)17-13-20)26(25)19-10-14-21(33-3)15-11-19/h6-18,25-26H,5H2,1-4H3,(H,29,31)/t18-,25+,26+/m0/s1. The van der Waals surface area contributed by atoms with Crippen LogP contribution in [0.2, 0.25) is 0 Å². The molecule has 0 bridgehead atoms. The molecule has 3 atom stereocenters. The summed E-state index contributed by atoms with van der Waals surface area (Å²) >= 11 is 0. The van der Waals surface area contributed by atoms with Crippen LogP contribution < -0.4 is 19.7 Å². The first-order chi connectivity index (χ1) is 16.5. The van der Waals surface area contributed by atoms with Gasteiger partial charge >= 0.3 is 0 Å². The molecule has 34 heavy (non-hydrogen) atoms. The minimum atomic E-state index is -0.585. The zero-order valence-electron chi connectivity index (χ0n) is 19.9. The highest BCUT2D eigenvalue weighted by molar-refractivity contribution is 6.11. The van der Waals surface area contributed by atoms with E-state index in [1.165, 1.54) is 0 Å². The smallest absolute Gasteiger partial charge is 0.259 e. The normalized spacial score (nSPS) is 18.1. The number of nitrogens with one attached hydrogen (secondary N) is 1. The molecule has 0 radical (unpaired) electrons. The number of hydrogen-bond acceptors (Lipinski definition) is 4. The molecule has 3 aromatic carbocycles. The molecule has 1 heterocycles. The Kier molecular flexibility index (Phi) is 6.87. The lowest BCUT2D eigenvalue weighted by Crippen LogP contribution is -2.48. The fraction of sp³-hybridized carbons (Fsp3) is 0.286. The maximum absolute atomic E-state index is 13.9. The predicted octanol–water partition coefficient (Wildman–Crippen LogP) is 5.10. The zero-order valence-corrected chi connectivity index (χ0v) is 19.9. The van der Waals surface area contributed by atoms with Crippen molar-refractivity contribution in [2.24, 2.45) is 0 Å². The predicted molar refractivity (Wildman–Crippen MR) is 133 cm³/mol. The Balaban J connectivity index is 1.91. The van der Waals surface area contributed by atoms with Crippen LogP contribution in [0.25, 0.3) is 0 Å². The van der Waals surface area contributed by atoms with Gasteiger partial charge in [-0.15, -0.1) is 0 Å². The Morgan fingerprint density at radius 1 is 0.941 bits per heavy atom. The van der Waals surface area contributed by atoms with Crippen LogP contribution in [-0.4, -0.2) is 32.1 Å². The molecule has 0 aromatic heterocycles. The van der Waals surface area contributed by atoms with Gasteiger partial charge in [0.1, 0.15) is 11.5 Å². The van der Waals surface area contributed by atoms with E-state index in [4.69, 9.17) is 9.47 Å². The molecule has 4 rings (SSSR count). The highest BCUT2D eigenvalue weighted by Gasteiger charge is 2.45. The number of methoxy groups -OCH3 is 2. The Morgan fingerprint density at radius 3 is 2.12 bits per heavy atom. The second kappa shape index (κ2) is 10.00. The number of anilines is 1. The first-order valence-electron chi connectivity index (χ1n) is 11.5. The number of benzene rings is 3. The summed E-state index contributed by atoms with van der Waals surface area (Å²) in [6.07, 6.45) is 0.814. The van der Waals surface area contributed by atoms with Gasteiger partial charge in [-0.25, -0.2) is 0 Å². The highest BCUT2D eigenvalue weighted by Crippen LogP contribution is 2.45. The van der Waals surface area contributed by atoms with Crippen LogP contribution in [0.5, 0.6) is 11.5 Å². The molecule has 6 nitrogen and oxygen atoms in total. The van der Waals surface area contributed by atoms with E-state index in [2.05, 4.69) is 5.32 Å². The fourth-order valence-corrected chi connectivity index (χ4v) is 4.42. The molecule has 1 N–H and O–H groups in total. The number of ether oxygens (including phenoxy) is 2. The van der Waals surface area contributed by atoms with Crippen LogP contribution in [0.1, 0.15) is 53.7 Å². The molecular weight excluding hydrogens is 428 g/mol. The lowest BCUT2D eigenvalue weighted by atomic mass is 9.78. The summed E-state index contributed by atoms with van der Waals surface area (Å²) in [6.45, 7) is 4.02. The van der Waals surface area contributed by atoms with Crippen LogP contribution in [-0.2, 0) is 4.79 Å². The third-order valence-corrected chi connectivity index (χ3v) is 6.43. The Hall–Kier alpha value is -3.80. The van der Waals surface area contributed by atoms with E-state index in [0.29, 0.717) is 22.7 Å². The highest BCUT2D eigenvalue weighted by atomic mass is 16.5. The van der Waals surface area contributed by atoms with Crippen LogP contribution in [0.15, 0.2) is 72.8 Å². The second-order valence-corrected chi connectivity index (χ2v) is 8.47. The SMILES string of the molecule is CC[C@H](C)NC(=O)[C@@H]1c2ccccc2C(=O)N(c2ccc(OC)cc2)[C@@H]1c1ccc(OC)cc1. The van der Waals surface area contributed by atoms with E-state index in [1.54, 1.807) is 25.2 Å². The van der Waals surface area contributed by atoms with Crippen molar-refractivity contribution in [3.63, 3.8) is 0 Å². The van der Waals surface area contributed by atoms with Gasteiger partial charge < -0.3 is 14.8 Å². The third-order valence-electron chi connectivity index (χ3n) is 6.43. The van der Waals surface area contributed by atoms with Crippen LogP contribution in [0, 0.1) is 0 Å². The van der Waals surface area contributed by atoms with Crippen molar-refractivity contribution < 1.29 is 19.1 Å². The minimum Gasteiger partial charge on any atom is -0.497 e. The lowest BCUT2D eigenvalue weighted by molar-refractivity contribution is -0.123. The average Bonchev–Trinajstić information content (AvgIpc) is 2.88. The number of carbonyl (C=O) groups is 2. The molecule has 6 heteroatoms. The number of nitrogens with zero attached hydrogens (tertiary/aromatic N) is 1. The molecule has 2 amide bonds. The second-order valence-electron chi connectivity index (χ2n) is 8.47. The first-order valence-corrected chi connectivity index (χ1v) is 11.5. The van der Waals surface area contributed by atoms with Crippen molar-refractivity contribution in [1.29, 1.82) is 0 Å². The van der Waals surface area contributed by atoms with Crippen molar-refractivity contribution in [2.45, 2.75) is 38.3 Å². The van der Waals surface area contributed by atoms with Crippen molar-refractivity contribution in [2.75, 3.05) is 19.1 Å². The van der Waals surface area contributed by atoms with Gasteiger partial charge in [0.2, 0.25) is 5.91 Å². The average molecular weight is 459 g/mol. The summed E-state index contributed by atoms with van der Waals surface area (Å²) in [5.41, 5.74) is 2.82. The molecule has 0 aliphatic carbocycles. The van der Waals surface area contributed by atoms with Crippen molar-refractivity contribution in [3.8, 4) is 11.5 Å². The maximum Gasteiger partial charge on any atom is 0.259 e. The quantitative estimate of drug-likeness (QED) is 0.535. The first kappa shape index (κ1) is 23.4. The van der Waals surface area contributed by atoms with Crippen molar-refractivity contribution >= 4 is 17.5 Å². The van der Waals surface area contributed by atoms with Gasteiger partial charge in [0.05, 0.1) is 26.2 Å². The van der Waals surface area contributed by atoms with Gasteiger partial charge in [-0.1, -0.05) is 37.3 Å². The molecule has 1 aliphatic rings. The van der Waals surface area contributed by atoms with Gasteiger partial charge in [0.15, 0.2) is 0 Å². The number of amides is 2. The molecule has 0 saturated heterocycles. The summed E-state index contributed by atoms with van der Waals surface area (Å²) in [6, 6.07) is 21.8. The topological polar surface area (TPSA) is 67.9 Å². The number of carbonyl (C=O) groups excluding carboxylic acids is 2. The molecule has 0 saturated carbocycles. The fourth-order valence-electron chi connectivity index (χ4n) is 4.42. The summed E-state index contributed by atoms with van der Waals surface area (Å²) in [4.78, 5) is 29.3. The molecule has 3 aromatic rings. The summed E-state index contributed by atoms with van der Waals surface area (Å²) in [5.74, 6) is 0.574. The largest absolute Gasteiger partial charge is 0.497 e. The van der Waals surface area contributed by atoms with Gasteiger partial charge in [0, 0.05) is 17.3 Å². The third kappa shape index (κ3) is 4.36. The summed E-state index contributed by atoms with van der Waals surface area (Å²) in [7, 11) is 3.22. The lowest BCUT2D eigenvalue weighted by Gasteiger charge is -2.42. The molecule has 176 valence electrons. The van der Waals surface area contributed by atoms with Crippen molar-refractivity contribution in [3.05, 3.63) is 89.5 Å². The Bertz CT molecular complexity index is 1160. The molecule has 0 fully saturated rings. The van der Waals surface area contributed by atoms with Crippen LogP contribution >= 0.6 is 0 Å². The van der Waals surface area contributed by atoms with Gasteiger partial charge in [-0.05, 0) is 66.9 Å². The Morgan fingerprint density at radius 2 is 1.53 bits per heavy atom. The van der Waals surface area contributed by atoms with Gasteiger partial charge in [0.25, 0.3) is 5.91 Å². The summed E-state index contributed by atoms with van der Waals surface area (Å²) in [5, 5.41) is 3.15. The summed E-state index contributed by atoms with van der Waals surface area (Å²) < 4.78 is 10.6. The molecule has 1 aliphatic heterocycles. The van der Waals surface area contributed by atoms with Crippen LogP contribution in [0.3, 0.4) is 0 Å². The van der Waals surface area contributed by atoms with Gasteiger partial charge in [-0.3, -0.25) is 14.5 Å². The number of fused-ring (bicyclic) bond motifs is 1. The van der Waals surface area contributed by atoms with E-state index in [-0.39, 0.29) is 17.9 Å². The molecule has 0 spiro atoms. The zero-order chi connectivity index (χ0) is 24.2. The van der Waals surface area contributed by atoms with Crippen LogP contribution in [0.4, 0.5) is 5.69 Å². The van der Waals surface area contributed by atoms with E-state index in [9.17, 15) is 9.59 Å². The van der Waals surface area contributed by atoms with E-state index in [0.717, 1.165) is 17.5 Å². The number of hydrogen-bond donors (Lipinski definition) is 1. The maximum atomic E-state index is 13.9. The van der Waals surface area contributed by atoms with E-state index >= 15 is 0 Å².